The second kappa shape index (κ2) is 5.14. The summed E-state index contributed by atoms with van der Waals surface area (Å²) in [5, 5.41) is 0. The van der Waals surface area contributed by atoms with E-state index >= 15 is 0 Å². The van der Waals surface area contributed by atoms with Gasteiger partial charge in [-0.15, -0.1) is 0 Å². The van der Waals surface area contributed by atoms with Crippen molar-refractivity contribution in [3.8, 4) is 0 Å². The predicted octanol–water partition coefficient (Wildman–Crippen LogP) is 3.58. The van der Waals surface area contributed by atoms with Crippen molar-refractivity contribution in [3.63, 3.8) is 0 Å². The SMILES string of the molecule is CN(Cc1cc(F)cc(Br)c1)CC(F)(F)F. The van der Waals surface area contributed by atoms with Crippen LogP contribution in [0, 0.1) is 5.82 Å². The van der Waals surface area contributed by atoms with Crippen LogP contribution in [-0.4, -0.2) is 24.7 Å². The lowest BCUT2D eigenvalue weighted by atomic mass is 10.2. The molecule has 1 aromatic carbocycles. The van der Waals surface area contributed by atoms with Crippen LogP contribution in [0.1, 0.15) is 5.56 Å². The van der Waals surface area contributed by atoms with E-state index < -0.39 is 18.5 Å². The Balaban J connectivity index is 2.66. The van der Waals surface area contributed by atoms with Gasteiger partial charge in [0.15, 0.2) is 0 Å². The molecule has 90 valence electrons. The van der Waals surface area contributed by atoms with E-state index in [4.69, 9.17) is 0 Å². The minimum Gasteiger partial charge on any atom is -0.294 e. The molecular formula is C10H10BrF4N. The van der Waals surface area contributed by atoms with Crippen molar-refractivity contribution in [2.45, 2.75) is 12.7 Å². The maximum atomic E-state index is 12.9. The van der Waals surface area contributed by atoms with Crippen molar-refractivity contribution >= 4 is 15.9 Å². The number of halogens is 5. The fourth-order valence-corrected chi connectivity index (χ4v) is 1.89. The number of alkyl halides is 3. The van der Waals surface area contributed by atoms with Crippen molar-refractivity contribution in [1.29, 1.82) is 0 Å². The molecule has 1 rings (SSSR count). The first-order valence-electron chi connectivity index (χ1n) is 4.46. The highest BCUT2D eigenvalue weighted by Gasteiger charge is 2.29. The monoisotopic (exact) mass is 299 g/mol. The van der Waals surface area contributed by atoms with Crippen LogP contribution in [0.3, 0.4) is 0 Å². The maximum absolute atomic E-state index is 12.9. The van der Waals surface area contributed by atoms with Crippen molar-refractivity contribution in [1.82, 2.24) is 4.90 Å². The van der Waals surface area contributed by atoms with Gasteiger partial charge in [0, 0.05) is 11.0 Å². The number of nitrogens with zero attached hydrogens (tertiary/aromatic N) is 1. The minimum atomic E-state index is -4.24. The highest BCUT2D eigenvalue weighted by atomic mass is 79.9. The lowest BCUT2D eigenvalue weighted by Gasteiger charge is -2.18. The number of hydrogen-bond donors (Lipinski definition) is 0. The van der Waals surface area contributed by atoms with Crippen LogP contribution in [0.5, 0.6) is 0 Å². The van der Waals surface area contributed by atoms with Crippen LogP contribution >= 0.6 is 15.9 Å². The Kier molecular flexibility index (Phi) is 4.32. The Labute approximate surface area is 99.2 Å². The number of benzene rings is 1. The topological polar surface area (TPSA) is 3.24 Å². The molecule has 0 bridgehead atoms. The zero-order valence-corrected chi connectivity index (χ0v) is 10.1. The average Bonchev–Trinajstić information content (AvgIpc) is 1.96. The summed E-state index contributed by atoms with van der Waals surface area (Å²) < 4.78 is 49.6. The summed E-state index contributed by atoms with van der Waals surface area (Å²) in [5.74, 6) is -0.468. The summed E-state index contributed by atoms with van der Waals surface area (Å²) in [5.41, 5.74) is 0.499. The molecule has 0 aromatic heterocycles. The second-order valence-electron chi connectivity index (χ2n) is 3.57. The molecule has 0 aliphatic carbocycles. The summed E-state index contributed by atoms with van der Waals surface area (Å²) in [6.07, 6.45) is -4.24. The van der Waals surface area contributed by atoms with E-state index in [-0.39, 0.29) is 6.54 Å². The Morgan fingerprint density at radius 1 is 1.25 bits per heavy atom. The third-order valence-corrected chi connectivity index (χ3v) is 2.28. The summed E-state index contributed by atoms with van der Waals surface area (Å²) in [7, 11) is 1.34. The summed E-state index contributed by atoms with van der Waals surface area (Å²) in [6, 6.07) is 4.07. The first-order chi connectivity index (χ1) is 7.26. The second-order valence-corrected chi connectivity index (χ2v) is 4.48. The van der Waals surface area contributed by atoms with Gasteiger partial charge >= 0.3 is 6.18 Å². The maximum Gasteiger partial charge on any atom is 0.401 e. The molecule has 0 saturated carbocycles. The number of hydrogen-bond acceptors (Lipinski definition) is 1. The van der Waals surface area contributed by atoms with Gasteiger partial charge in [-0.25, -0.2) is 4.39 Å². The van der Waals surface area contributed by atoms with Crippen LogP contribution in [0.25, 0.3) is 0 Å². The van der Waals surface area contributed by atoms with E-state index in [2.05, 4.69) is 15.9 Å². The van der Waals surface area contributed by atoms with Crippen LogP contribution in [0.4, 0.5) is 17.6 Å². The van der Waals surface area contributed by atoms with Gasteiger partial charge in [-0.1, -0.05) is 15.9 Å². The highest BCUT2D eigenvalue weighted by Crippen LogP contribution is 2.19. The summed E-state index contributed by atoms with van der Waals surface area (Å²) in [4.78, 5) is 1.08. The molecule has 0 saturated heterocycles. The van der Waals surface area contributed by atoms with Gasteiger partial charge in [-0.2, -0.15) is 13.2 Å². The van der Waals surface area contributed by atoms with E-state index in [1.165, 1.54) is 19.2 Å². The Bertz CT molecular complexity index is 344. The van der Waals surface area contributed by atoms with Gasteiger partial charge in [0.1, 0.15) is 5.82 Å². The first kappa shape index (κ1) is 13.4. The summed E-state index contributed by atoms with van der Waals surface area (Å²) >= 11 is 3.08. The van der Waals surface area contributed by atoms with Crippen molar-refractivity contribution in [2.75, 3.05) is 13.6 Å². The van der Waals surface area contributed by atoms with Gasteiger partial charge in [-0.05, 0) is 30.8 Å². The van der Waals surface area contributed by atoms with Crippen LogP contribution < -0.4 is 0 Å². The lowest BCUT2D eigenvalue weighted by Crippen LogP contribution is -2.30. The molecular weight excluding hydrogens is 290 g/mol. The van der Waals surface area contributed by atoms with Gasteiger partial charge in [0.05, 0.1) is 6.54 Å². The van der Waals surface area contributed by atoms with Crippen LogP contribution in [0.2, 0.25) is 0 Å². The molecule has 0 fully saturated rings. The standard InChI is InChI=1S/C10H10BrF4N/c1-16(6-10(13,14)15)5-7-2-8(11)4-9(12)3-7/h2-4H,5-6H2,1H3. The van der Waals surface area contributed by atoms with E-state index in [1.54, 1.807) is 6.07 Å². The quantitative estimate of drug-likeness (QED) is 0.771. The normalized spacial score (nSPS) is 12.2. The van der Waals surface area contributed by atoms with Gasteiger partial charge in [-0.3, -0.25) is 4.90 Å². The van der Waals surface area contributed by atoms with Gasteiger partial charge < -0.3 is 0 Å². The third-order valence-electron chi connectivity index (χ3n) is 1.82. The lowest BCUT2D eigenvalue weighted by molar-refractivity contribution is -0.144. The fraction of sp³-hybridized carbons (Fsp3) is 0.400. The third kappa shape index (κ3) is 4.94. The largest absolute Gasteiger partial charge is 0.401 e. The first-order valence-corrected chi connectivity index (χ1v) is 5.26. The molecule has 1 aromatic rings. The molecule has 0 amide bonds. The highest BCUT2D eigenvalue weighted by molar-refractivity contribution is 9.10. The van der Waals surface area contributed by atoms with Gasteiger partial charge in [0.25, 0.3) is 0 Å². The molecule has 0 atom stereocenters. The summed E-state index contributed by atoms with van der Waals surface area (Å²) in [6.45, 7) is -0.961. The molecule has 1 nitrogen and oxygen atoms in total. The van der Waals surface area contributed by atoms with Gasteiger partial charge in [0.2, 0.25) is 0 Å². The zero-order valence-electron chi connectivity index (χ0n) is 8.48. The fourth-order valence-electron chi connectivity index (χ4n) is 1.38. The Hall–Kier alpha value is -0.620. The molecule has 0 heterocycles. The molecule has 6 heteroatoms. The Morgan fingerprint density at radius 3 is 2.38 bits per heavy atom. The minimum absolute atomic E-state index is 0.0515. The van der Waals surface area contributed by atoms with Crippen molar-refractivity contribution in [2.24, 2.45) is 0 Å². The Morgan fingerprint density at radius 2 is 1.88 bits per heavy atom. The smallest absolute Gasteiger partial charge is 0.294 e. The van der Waals surface area contributed by atoms with Crippen molar-refractivity contribution < 1.29 is 17.6 Å². The molecule has 0 radical (unpaired) electrons. The molecule has 0 aliphatic heterocycles. The van der Waals surface area contributed by atoms with E-state index in [1.807, 2.05) is 0 Å². The van der Waals surface area contributed by atoms with Crippen LogP contribution in [-0.2, 0) is 6.54 Å². The van der Waals surface area contributed by atoms with Crippen molar-refractivity contribution in [3.05, 3.63) is 34.1 Å². The van der Waals surface area contributed by atoms with E-state index in [9.17, 15) is 17.6 Å². The molecule has 0 N–H and O–H groups in total. The molecule has 16 heavy (non-hydrogen) atoms. The predicted molar refractivity (Wildman–Crippen MR) is 56.5 cm³/mol. The zero-order chi connectivity index (χ0) is 12.3. The van der Waals surface area contributed by atoms with E-state index in [0.29, 0.717) is 10.0 Å². The molecule has 0 aliphatic rings. The van der Waals surface area contributed by atoms with E-state index in [0.717, 1.165) is 4.90 Å². The average molecular weight is 300 g/mol. The molecule has 0 spiro atoms. The molecule has 0 unspecified atom stereocenters. The number of rotatable bonds is 3. The van der Waals surface area contributed by atoms with Crippen LogP contribution in [0.15, 0.2) is 22.7 Å².